The summed E-state index contributed by atoms with van der Waals surface area (Å²) in [5, 5.41) is 9.15. The van der Waals surface area contributed by atoms with Gasteiger partial charge in [-0.2, -0.15) is 0 Å². The Morgan fingerprint density at radius 2 is 1.50 bits per heavy atom. The van der Waals surface area contributed by atoms with E-state index in [1.165, 1.54) is 0 Å². The summed E-state index contributed by atoms with van der Waals surface area (Å²) in [4.78, 5) is 0. The molecule has 0 spiro atoms. The van der Waals surface area contributed by atoms with Crippen molar-refractivity contribution in [2.24, 2.45) is 0 Å². The zero-order valence-corrected chi connectivity index (χ0v) is 11.7. The van der Waals surface area contributed by atoms with Crippen molar-refractivity contribution in [1.82, 2.24) is 0 Å². The Morgan fingerprint density at radius 1 is 0.900 bits per heavy atom. The molecule has 3 heteroatoms. The number of hydrogen-bond acceptors (Lipinski definition) is 3. The highest BCUT2D eigenvalue weighted by Gasteiger charge is 1.99. The van der Waals surface area contributed by atoms with Gasteiger partial charge in [-0.1, -0.05) is 18.2 Å². The molecule has 0 radical (unpaired) electrons. The lowest BCUT2D eigenvalue weighted by Gasteiger charge is -2.09. The number of rotatable bonds is 7. The lowest BCUT2D eigenvalue weighted by Crippen LogP contribution is -2.04. The summed E-state index contributed by atoms with van der Waals surface area (Å²) < 4.78 is 11.3. The molecule has 2 aromatic rings. The summed E-state index contributed by atoms with van der Waals surface area (Å²) >= 11 is 0. The van der Waals surface area contributed by atoms with Crippen molar-refractivity contribution >= 4 is 0 Å². The van der Waals surface area contributed by atoms with Crippen molar-refractivity contribution in [3.63, 3.8) is 0 Å². The predicted molar refractivity (Wildman–Crippen MR) is 79.4 cm³/mol. The largest absolute Gasteiger partial charge is 0.494 e. The van der Waals surface area contributed by atoms with Crippen LogP contribution in [-0.2, 0) is 0 Å². The van der Waals surface area contributed by atoms with E-state index >= 15 is 0 Å². The molecule has 106 valence electrons. The van der Waals surface area contributed by atoms with Gasteiger partial charge in [0.15, 0.2) is 0 Å². The first-order chi connectivity index (χ1) is 9.74. The van der Waals surface area contributed by atoms with Crippen molar-refractivity contribution in [1.29, 1.82) is 0 Å². The Bertz CT molecular complexity index is 491. The average molecular weight is 272 g/mol. The molecule has 2 rings (SSSR count). The van der Waals surface area contributed by atoms with E-state index in [0.717, 1.165) is 30.1 Å². The smallest absolute Gasteiger partial charge is 0.127 e. The Labute approximate surface area is 119 Å². The predicted octanol–water partition coefficient (Wildman–Crippen LogP) is 4.02. The Hall–Kier alpha value is -2.00. The van der Waals surface area contributed by atoms with Crippen LogP contribution in [0, 0.1) is 0 Å². The summed E-state index contributed by atoms with van der Waals surface area (Å²) in [6, 6.07) is 17.2. The molecular weight excluding hydrogens is 252 g/mol. The minimum Gasteiger partial charge on any atom is -0.494 e. The van der Waals surface area contributed by atoms with Gasteiger partial charge in [-0.15, -0.1) is 0 Å². The number of aliphatic hydroxyl groups excluding tert-OH is 1. The molecule has 1 N–H and O–H groups in total. The van der Waals surface area contributed by atoms with Crippen LogP contribution in [0.4, 0.5) is 0 Å². The van der Waals surface area contributed by atoms with Crippen LogP contribution >= 0.6 is 0 Å². The number of aliphatic hydroxyl groups is 1. The first-order valence-corrected chi connectivity index (χ1v) is 6.88. The van der Waals surface area contributed by atoms with Gasteiger partial charge in [-0.3, -0.25) is 0 Å². The van der Waals surface area contributed by atoms with E-state index in [0.29, 0.717) is 6.61 Å². The van der Waals surface area contributed by atoms with Crippen LogP contribution in [0.25, 0.3) is 0 Å². The average Bonchev–Trinajstić information content (AvgIpc) is 2.46. The van der Waals surface area contributed by atoms with E-state index in [9.17, 15) is 0 Å². The SMILES string of the molecule is CC(O)CCCOc1ccc(Oc2ccccc2)cc1. The van der Waals surface area contributed by atoms with Crippen LogP contribution in [0.1, 0.15) is 19.8 Å². The molecule has 0 aromatic heterocycles. The Balaban J connectivity index is 1.81. The second-order valence-electron chi connectivity index (χ2n) is 4.73. The number of ether oxygens (including phenoxy) is 2. The highest BCUT2D eigenvalue weighted by atomic mass is 16.5. The number of hydrogen-bond donors (Lipinski definition) is 1. The fraction of sp³-hybridized carbons (Fsp3) is 0.294. The van der Waals surface area contributed by atoms with E-state index in [2.05, 4.69) is 0 Å². The lowest BCUT2D eigenvalue weighted by molar-refractivity contribution is 0.170. The van der Waals surface area contributed by atoms with E-state index in [1.807, 2.05) is 54.6 Å². The van der Waals surface area contributed by atoms with Gasteiger partial charge in [0.1, 0.15) is 17.2 Å². The highest BCUT2D eigenvalue weighted by molar-refractivity contribution is 5.35. The normalized spacial score (nSPS) is 11.9. The molecule has 0 heterocycles. The first kappa shape index (κ1) is 14.4. The topological polar surface area (TPSA) is 38.7 Å². The Kier molecular flexibility index (Phi) is 5.44. The number of benzene rings is 2. The van der Waals surface area contributed by atoms with Gasteiger partial charge in [0.25, 0.3) is 0 Å². The van der Waals surface area contributed by atoms with E-state index in [1.54, 1.807) is 6.92 Å². The minimum atomic E-state index is -0.264. The van der Waals surface area contributed by atoms with E-state index in [4.69, 9.17) is 14.6 Å². The standard InChI is InChI=1S/C17H20O3/c1-14(18)6-5-13-19-15-9-11-17(12-10-15)20-16-7-3-2-4-8-16/h2-4,7-12,14,18H,5-6,13H2,1H3. The van der Waals surface area contributed by atoms with E-state index < -0.39 is 0 Å². The molecule has 0 aliphatic heterocycles. The molecule has 2 aromatic carbocycles. The first-order valence-electron chi connectivity index (χ1n) is 6.88. The second-order valence-corrected chi connectivity index (χ2v) is 4.73. The molecule has 1 atom stereocenters. The van der Waals surface area contributed by atoms with Crippen molar-refractivity contribution < 1.29 is 14.6 Å². The summed E-state index contributed by atoms with van der Waals surface area (Å²) in [5.41, 5.74) is 0. The third-order valence-electron chi connectivity index (χ3n) is 2.84. The zero-order valence-electron chi connectivity index (χ0n) is 11.7. The van der Waals surface area contributed by atoms with Gasteiger partial charge in [0.2, 0.25) is 0 Å². The molecule has 0 saturated carbocycles. The molecule has 0 fully saturated rings. The minimum absolute atomic E-state index is 0.264. The molecular formula is C17H20O3. The third-order valence-corrected chi connectivity index (χ3v) is 2.84. The molecule has 0 saturated heterocycles. The zero-order chi connectivity index (χ0) is 14.2. The highest BCUT2D eigenvalue weighted by Crippen LogP contribution is 2.23. The molecule has 0 aliphatic rings. The third kappa shape index (κ3) is 4.94. The van der Waals surface area contributed by atoms with Gasteiger partial charge < -0.3 is 14.6 Å². The van der Waals surface area contributed by atoms with Gasteiger partial charge >= 0.3 is 0 Å². The van der Waals surface area contributed by atoms with Gasteiger partial charge in [-0.25, -0.2) is 0 Å². The van der Waals surface area contributed by atoms with Crippen molar-refractivity contribution in [2.75, 3.05) is 6.61 Å². The maximum Gasteiger partial charge on any atom is 0.127 e. The molecule has 0 bridgehead atoms. The molecule has 3 nitrogen and oxygen atoms in total. The van der Waals surface area contributed by atoms with Crippen LogP contribution in [0.15, 0.2) is 54.6 Å². The van der Waals surface area contributed by atoms with Crippen LogP contribution < -0.4 is 9.47 Å². The monoisotopic (exact) mass is 272 g/mol. The summed E-state index contributed by atoms with van der Waals surface area (Å²) in [7, 11) is 0. The second kappa shape index (κ2) is 7.56. The van der Waals surface area contributed by atoms with E-state index in [-0.39, 0.29) is 6.10 Å². The van der Waals surface area contributed by atoms with Crippen molar-refractivity contribution in [2.45, 2.75) is 25.9 Å². The summed E-state index contributed by atoms with van der Waals surface area (Å²) in [6.45, 7) is 2.40. The maximum absolute atomic E-state index is 9.15. The van der Waals surface area contributed by atoms with Crippen LogP contribution in [0.3, 0.4) is 0 Å². The maximum atomic E-state index is 9.15. The summed E-state index contributed by atoms with van der Waals surface area (Å²) in [6.07, 6.45) is 1.34. The van der Waals surface area contributed by atoms with Crippen LogP contribution in [-0.4, -0.2) is 17.8 Å². The Morgan fingerprint density at radius 3 is 2.15 bits per heavy atom. The molecule has 20 heavy (non-hydrogen) atoms. The quantitative estimate of drug-likeness (QED) is 0.774. The van der Waals surface area contributed by atoms with Crippen molar-refractivity contribution in [3.05, 3.63) is 54.6 Å². The van der Waals surface area contributed by atoms with Gasteiger partial charge in [-0.05, 0) is 56.2 Å². The molecule has 1 unspecified atom stereocenters. The molecule has 0 aliphatic carbocycles. The number of para-hydroxylation sites is 1. The summed E-state index contributed by atoms with van der Waals surface area (Å²) in [5.74, 6) is 2.42. The molecule has 0 amide bonds. The van der Waals surface area contributed by atoms with Crippen molar-refractivity contribution in [3.8, 4) is 17.2 Å². The van der Waals surface area contributed by atoms with Gasteiger partial charge in [0, 0.05) is 0 Å². The van der Waals surface area contributed by atoms with Crippen LogP contribution in [0.2, 0.25) is 0 Å². The van der Waals surface area contributed by atoms with Crippen LogP contribution in [0.5, 0.6) is 17.2 Å². The fourth-order valence-electron chi connectivity index (χ4n) is 1.80. The van der Waals surface area contributed by atoms with Gasteiger partial charge in [0.05, 0.1) is 12.7 Å². The lowest BCUT2D eigenvalue weighted by atomic mass is 10.2. The fourth-order valence-corrected chi connectivity index (χ4v) is 1.80.